The molecule has 2 aliphatic rings. The van der Waals surface area contributed by atoms with Crippen LogP contribution >= 0.6 is 0 Å². The fraction of sp³-hybridized carbons (Fsp3) is 0.200. The van der Waals surface area contributed by atoms with Crippen molar-refractivity contribution in [2.75, 3.05) is 12.5 Å². The molecule has 2 N–H and O–H groups in total. The minimum Gasteiger partial charge on any atom is -0.504 e. The lowest BCUT2D eigenvalue weighted by atomic mass is 9.56. The van der Waals surface area contributed by atoms with E-state index in [1.807, 2.05) is 67.6 Å². The number of aryl methyl sites for hydroxylation is 1. The zero-order valence-electron chi connectivity index (χ0n) is 20.3. The number of phenolic OH excluding ortho intramolecular Hbond substituents is 1. The average Bonchev–Trinajstić information content (AvgIpc) is 3.12. The Kier molecular flexibility index (Phi) is 5.88. The maximum atomic E-state index is 14.5. The molecule has 6 heteroatoms. The van der Waals surface area contributed by atoms with Gasteiger partial charge in [-0.1, -0.05) is 72.8 Å². The summed E-state index contributed by atoms with van der Waals surface area (Å²) >= 11 is 0. The van der Waals surface area contributed by atoms with E-state index in [0.29, 0.717) is 17.9 Å². The van der Waals surface area contributed by atoms with Crippen LogP contribution in [0.3, 0.4) is 0 Å². The zero-order valence-corrected chi connectivity index (χ0v) is 20.3. The minimum absolute atomic E-state index is 0.00277. The number of allylic oxidation sites excluding steroid dienone is 3. The molecule has 0 aromatic heterocycles. The number of benzene rings is 3. The highest BCUT2D eigenvalue weighted by molar-refractivity contribution is 6.12. The topological polar surface area (TPSA) is 78.9 Å². The first-order chi connectivity index (χ1) is 17.4. The van der Waals surface area contributed by atoms with Gasteiger partial charge in [-0.2, -0.15) is 5.01 Å². The van der Waals surface area contributed by atoms with E-state index in [4.69, 9.17) is 4.74 Å². The van der Waals surface area contributed by atoms with Crippen molar-refractivity contribution in [3.05, 3.63) is 114 Å². The van der Waals surface area contributed by atoms with Crippen molar-refractivity contribution in [3.63, 3.8) is 0 Å². The number of hydrazine groups is 1. The van der Waals surface area contributed by atoms with E-state index in [-0.39, 0.29) is 17.6 Å². The number of hydrogen-bond donors (Lipinski definition) is 2. The molecule has 3 atom stereocenters. The van der Waals surface area contributed by atoms with Crippen LogP contribution in [0.4, 0.5) is 5.69 Å². The van der Waals surface area contributed by atoms with Crippen LogP contribution in [-0.4, -0.2) is 29.0 Å². The Bertz CT molecular complexity index is 1360. The number of ether oxygens (including phenoxy) is 1. The van der Waals surface area contributed by atoms with Crippen LogP contribution in [0, 0.1) is 12.8 Å². The number of imide groups is 1. The predicted molar refractivity (Wildman–Crippen MR) is 139 cm³/mol. The van der Waals surface area contributed by atoms with Gasteiger partial charge in [-0.15, -0.1) is 0 Å². The van der Waals surface area contributed by atoms with Gasteiger partial charge in [0.05, 0.1) is 24.1 Å². The Labute approximate surface area is 210 Å². The third kappa shape index (κ3) is 3.49. The second-order valence-electron chi connectivity index (χ2n) is 9.25. The summed E-state index contributed by atoms with van der Waals surface area (Å²) in [6.45, 7) is 6.00. The lowest BCUT2D eigenvalue weighted by molar-refractivity contribution is -0.138. The van der Waals surface area contributed by atoms with Crippen molar-refractivity contribution >= 4 is 17.5 Å². The minimum atomic E-state index is -1.21. The molecular formula is C30H28N2O4. The van der Waals surface area contributed by atoms with E-state index in [1.54, 1.807) is 24.3 Å². The molecular weight excluding hydrogens is 452 g/mol. The number of aromatic hydroxyl groups is 1. The molecule has 0 spiro atoms. The maximum Gasteiger partial charge on any atom is 0.260 e. The van der Waals surface area contributed by atoms with Gasteiger partial charge in [-0.3, -0.25) is 15.0 Å². The third-order valence-corrected chi connectivity index (χ3v) is 7.32. The zero-order chi connectivity index (χ0) is 25.4. The molecule has 0 unspecified atom stereocenters. The van der Waals surface area contributed by atoms with E-state index >= 15 is 0 Å². The molecule has 182 valence electrons. The second kappa shape index (κ2) is 9.04. The fourth-order valence-electron chi connectivity index (χ4n) is 5.63. The van der Waals surface area contributed by atoms with Gasteiger partial charge < -0.3 is 9.84 Å². The summed E-state index contributed by atoms with van der Waals surface area (Å²) in [4.78, 5) is 28.4. The van der Waals surface area contributed by atoms with Gasteiger partial charge in [-0.25, -0.2) is 0 Å². The third-order valence-electron chi connectivity index (χ3n) is 7.32. The molecule has 0 bridgehead atoms. The number of rotatable bonds is 6. The number of anilines is 1. The van der Waals surface area contributed by atoms with Crippen LogP contribution in [-0.2, 0) is 15.0 Å². The summed E-state index contributed by atoms with van der Waals surface area (Å²) in [5, 5.41) is 11.4. The SMILES string of the molecule is C=CC1=CC[C@H]2C(=O)N(Nc3ccc(C)cc3)C(=O)[C@@]2(c2ccccc2)[C@H]1c1ccc(O)c(OC)c1. The van der Waals surface area contributed by atoms with E-state index in [2.05, 4.69) is 12.0 Å². The summed E-state index contributed by atoms with van der Waals surface area (Å²) in [7, 11) is 1.48. The number of hydrogen-bond acceptors (Lipinski definition) is 5. The molecule has 1 saturated heterocycles. The molecule has 3 aromatic carbocycles. The lowest BCUT2D eigenvalue weighted by Gasteiger charge is -2.43. The number of nitrogens with one attached hydrogen (secondary N) is 1. The van der Waals surface area contributed by atoms with Gasteiger partial charge in [0.2, 0.25) is 0 Å². The molecule has 2 amide bonds. The van der Waals surface area contributed by atoms with Crippen molar-refractivity contribution in [3.8, 4) is 11.5 Å². The van der Waals surface area contributed by atoms with E-state index < -0.39 is 17.3 Å². The number of methoxy groups -OCH3 is 1. The smallest absolute Gasteiger partial charge is 0.260 e. The van der Waals surface area contributed by atoms with Crippen molar-refractivity contribution in [1.29, 1.82) is 0 Å². The molecule has 0 saturated carbocycles. The molecule has 36 heavy (non-hydrogen) atoms. The average molecular weight is 481 g/mol. The monoisotopic (exact) mass is 480 g/mol. The molecule has 1 heterocycles. The Balaban J connectivity index is 1.72. The number of carbonyl (C=O) groups excluding carboxylic acids is 2. The standard InChI is InChI=1S/C30H28N2O4/c1-4-20-12-16-24-28(34)32(31-23-14-10-19(2)11-15-23)29(35)30(24,22-8-6-5-7-9-22)27(20)21-13-17-25(33)26(18-21)36-3/h4-15,17-18,24,27,31,33H,1,16H2,2-3H3/t24-,27+,30+/m0/s1. The van der Waals surface area contributed by atoms with E-state index in [1.165, 1.54) is 12.1 Å². The van der Waals surface area contributed by atoms with Gasteiger partial charge in [0, 0.05) is 5.92 Å². The first-order valence-electron chi connectivity index (χ1n) is 11.9. The Morgan fingerprint density at radius 3 is 2.47 bits per heavy atom. The molecule has 3 aromatic rings. The van der Waals surface area contributed by atoms with Gasteiger partial charge in [0.25, 0.3) is 11.8 Å². The molecule has 1 aliphatic heterocycles. The van der Waals surface area contributed by atoms with Crippen molar-refractivity contribution in [1.82, 2.24) is 5.01 Å². The predicted octanol–water partition coefficient (Wildman–Crippen LogP) is 5.26. The highest BCUT2D eigenvalue weighted by Gasteiger charge is 2.65. The van der Waals surface area contributed by atoms with E-state index in [9.17, 15) is 14.7 Å². The second-order valence-corrected chi connectivity index (χ2v) is 9.25. The van der Waals surface area contributed by atoms with Crippen LogP contribution < -0.4 is 10.2 Å². The number of nitrogens with zero attached hydrogens (tertiary/aromatic N) is 1. The quantitative estimate of drug-likeness (QED) is 0.471. The molecule has 5 rings (SSSR count). The summed E-state index contributed by atoms with van der Waals surface area (Å²) < 4.78 is 5.38. The number of amides is 2. The normalized spacial score (nSPS) is 23.2. The van der Waals surface area contributed by atoms with Crippen molar-refractivity contribution < 1.29 is 19.4 Å². The Hall–Kier alpha value is -4.32. The number of fused-ring (bicyclic) bond motifs is 1. The van der Waals surface area contributed by atoms with Crippen LogP contribution in [0.15, 0.2) is 97.1 Å². The largest absolute Gasteiger partial charge is 0.504 e. The highest BCUT2D eigenvalue weighted by Crippen LogP contribution is 2.58. The van der Waals surface area contributed by atoms with Gasteiger partial charge in [0.1, 0.15) is 0 Å². The van der Waals surface area contributed by atoms with E-state index in [0.717, 1.165) is 22.3 Å². The van der Waals surface area contributed by atoms with Gasteiger partial charge >= 0.3 is 0 Å². The van der Waals surface area contributed by atoms with Crippen molar-refractivity contribution in [2.45, 2.75) is 24.7 Å². The summed E-state index contributed by atoms with van der Waals surface area (Å²) in [5.41, 5.74) is 5.96. The number of phenols is 1. The highest BCUT2D eigenvalue weighted by atomic mass is 16.5. The van der Waals surface area contributed by atoms with Crippen LogP contribution in [0.25, 0.3) is 0 Å². The lowest BCUT2D eigenvalue weighted by Crippen LogP contribution is -2.48. The summed E-state index contributed by atoms with van der Waals surface area (Å²) in [5.74, 6) is -1.45. The molecule has 1 aliphatic carbocycles. The number of carbonyl (C=O) groups is 2. The summed E-state index contributed by atoms with van der Waals surface area (Å²) in [6.07, 6.45) is 4.14. The molecule has 0 radical (unpaired) electrons. The van der Waals surface area contributed by atoms with Crippen molar-refractivity contribution in [2.24, 2.45) is 5.92 Å². The first-order valence-corrected chi connectivity index (χ1v) is 11.9. The van der Waals surface area contributed by atoms with Gasteiger partial charge in [0.15, 0.2) is 11.5 Å². The fourth-order valence-corrected chi connectivity index (χ4v) is 5.63. The molecule has 6 nitrogen and oxygen atoms in total. The maximum absolute atomic E-state index is 14.5. The van der Waals surface area contributed by atoms with Crippen LogP contribution in [0.2, 0.25) is 0 Å². The Morgan fingerprint density at radius 2 is 1.81 bits per heavy atom. The Morgan fingerprint density at radius 1 is 1.08 bits per heavy atom. The first kappa shape index (κ1) is 23.4. The molecule has 1 fully saturated rings. The van der Waals surface area contributed by atoms with Gasteiger partial charge in [-0.05, 0) is 54.3 Å². The summed E-state index contributed by atoms with van der Waals surface area (Å²) in [6, 6.07) is 22.1. The van der Waals surface area contributed by atoms with Crippen LogP contribution in [0.1, 0.15) is 29.0 Å². The van der Waals surface area contributed by atoms with Crippen LogP contribution in [0.5, 0.6) is 11.5 Å².